The van der Waals surface area contributed by atoms with Crippen LogP contribution in [0.5, 0.6) is 5.75 Å². The molecule has 0 radical (unpaired) electrons. The zero-order chi connectivity index (χ0) is 15.5. The van der Waals surface area contributed by atoms with Crippen LogP contribution in [0.4, 0.5) is 5.13 Å². The largest absolute Gasteiger partial charge is 0.483 e. The maximum atomic E-state index is 12.1. The number of hydrogen-bond donors (Lipinski definition) is 1. The summed E-state index contributed by atoms with van der Waals surface area (Å²) in [5.74, 6) is 0.629. The average molecular weight is 316 g/mol. The number of thiazole rings is 1. The van der Waals surface area contributed by atoms with Crippen molar-refractivity contribution in [1.82, 2.24) is 4.98 Å². The molecule has 0 aliphatic heterocycles. The first kappa shape index (κ1) is 15.0. The Morgan fingerprint density at radius 2 is 2.00 bits per heavy atom. The normalized spacial score (nSPS) is 13.5. The molecule has 1 heterocycles. The molecule has 1 aromatic carbocycles. The smallest absolute Gasteiger partial charge is 0.264 e. The minimum absolute atomic E-state index is 0.00986. The van der Waals surface area contributed by atoms with Crippen LogP contribution in [0.1, 0.15) is 34.5 Å². The van der Waals surface area contributed by atoms with Gasteiger partial charge in [-0.3, -0.25) is 10.1 Å². The zero-order valence-electron chi connectivity index (χ0n) is 12.9. The van der Waals surface area contributed by atoms with Crippen molar-refractivity contribution in [2.75, 3.05) is 11.9 Å². The number of ether oxygens (including phenoxy) is 1. The Morgan fingerprint density at radius 3 is 2.73 bits per heavy atom. The van der Waals surface area contributed by atoms with Crippen molar-refractivity contribution in [3.8, 4) is 5.75 Å². The second-order valence-electron chi connectivity index (χ2n) is 5.65. The van der Waals surface area contributed by atoms with Crippen molar-refractivity contribution in [3.63, 3.8) is 0 Å². The van der Waals surface area contributed by atoms with Gasteiger partial charge in [0.1, 0.15) is 5.75 Å². The number of nitrogens with one attached hydrogen (secondary N) is 1. The Kier molecular flexibility index (Phi) is 4.43. The van der Waals surface area contributed by atoms with E-state index in [9.17, 15) is 4.79 Å². The minimum atomic E-state index is -0.159. The Balaban J connectivity index is 1.60. The van der Waals surface area contributed by atoms with Crippen LogP contribution in [-0.4, -0.2) is 17.5 Å². The van der Waals surface area contributed by atoms with Gasteiger partial charge >= 0.3 is 0 Å². The van der Waals surface area contributed by atoms with Crippen molar-refractivity contribution >= 4 is 22.4 Å². The molecule has 1 aliphatic carbocycles. The van der Waals surface area contributed by atoms with Gasteiger partial charge in [0.15, 0.2) is 11.7 Å². The standard InChI is InChI=1S/C17H20N2O2S/c1-11-6-5-7-12(2)16(11)21-10-15(20)19-17-18-13-8-3-4-9-14(13)22-17/h5-7H,3-4,8-10H2,1-2H3,(H,18,19,20). The predicted octanol–water partition coefficient (Wildman–Crippen LogP) is 3.66. The minimum Gasteiger partial charge on any atom is -0.483 e. The number of para-hydroxylation sites is 1. The highest BCUT2D eigenvalue weighted by Crippen LogP contribution is 2.29. The molecular weight excluding hydrogens is 296 g/mol. The van der Waals surface area contributed by atoms with Crippen molar-refractivity contribution in [1.29, 1.82) is 0 Å². The molecule has 1 aromatic heterocycles. The Hall–Kier alpha value is -1.88. The van der Waals surface area contributed by atoms with E-state index in [2.05, 4.69) is 10.3 Å². The zero-order valence-corrected chi connectivity index (χ0v) is 13.8. The predicted molar refractivity (Wildman–Crippen MR) is 88.8 cm³/mol. The molecule has 22 heavy (non-hydrogen) atoms. The summed E-state index contributed by atoms with van der Waals surface area (Å²) in [5, 5.41) is 3.55. The molecular formula is C17H20N2O2S. The number of aryl methyl sites for hydroxylation is 4. The quantitative estimate of drug-likeness (QED) is 0.936. The SMILES string of the molecule is Cc1cccc(C)c1OCC(=O)Nc1nc2c(s1)CCCC2. The number of fused-ring (bicyclic) bond motifs is 1. The fourth-order valence-electron chi connectivity index (χ4n) is 2.73. The summed E-state index contributed by atoms with van der Waals surface area (Å²) in [6.07, 6.45) is 4.53. The van der Waals surface area contributed by atoms with Crippen molar-refractivity contribution < 1.29 is 9.53 Å². The third kappa shape index (κ3) is 3.30. The molecule has 4 nitrogen and oxygen atoms in total. The average Bonchev–Trinajstić information content (AvgIpc) is 2.88. The number of rotatable bonds is 4. The fourth-order valence-corrected chi connectivity index (χ4v) is 3.79. The molecule has 0 saturated heterocycles. The van der Waals surface area contributed by atoms with Crippen LogP contribution in [-0.2, 0) is 17.6 Å². The number of benzene rings is 1. The molecule has 0 unspecified atom stereocenters. The van der Waals surface area contributed by atoms with Crippen molar-refractivity contribution in [2.24, 2.45) is 0 Å². The van der Waals surface area contributed by atoms with Crippen LogP contribution in [0.2, 0.25) is 0 Å². The van der Waals surface area contributed by atoms with E-state index < -0.39 is 0 Å². The monoisotopic (exact) mass is 316 g/mol. The molecule has 0 fully saturated rings. The summed E-state index contributed by atoms with van der Waals surface area (Å²) < 4.78 is 5.67. The van der Waals surface area contributed by atoms with E-state index in [1.54, 1.807) is 11.3 Å². The van der Waals surface area contributed by atoms with Gasteiger partial charge in [-0.05, 0) is 50.7 Å². The van der Waals surface area contributed by atoms with Gasteiger partial charge in [-0.2, -0.15) is 0 Å². The third-order valence-corrected chi connectivity index (χ3v) is 4.92. The summed E-state index contributed by atoms with van der Waals surface area (Å²) in [4.78, 5) is 17.9. The number of amides is 1. The molecule has 1 N–H and O–H groups in total. The third-order valence-electron chi connectivity index (χ3n) is 3.85. The van der Waals surface area contributed by atoms with E-state index in [-0.39, 0.29) is 12.5 Å². The van der Waals surface area contributed by atoms with Crippen LogP contribution >= 0.6 is 11.3 Å². The number of nitrogens with zero attached hydrogens (tertiary/aromatic N) is 1. The Bertz CT molecular complexity index is 650. The van der Waals surface area contributed by atoms with E-state index in [1.165, 1.54) is 17.7 Å². The molecule has 3 rings (SSSR count). The molecule has 5 heteroatoms. The lowest BCUT2D eigenvalue weighted by atomic mass is 10.0. The van der Waals surface area contributed by atoms with E-state index in [0.29, 0.717) is 5.13 Å². The van der Waals surface area contributed by atoms with Gasteiger partial charge in [-0.15, -0.1) is 11.3 Å². The maximum Gasteiger partial charge on any atom is 0.264 e. The van der Waals surface area contributed by atoms with Gasteiger partial charge in [0.25, 0.3) is 5.91 Å². The van der Waals surface area contributed by atoms with Gasteiger partial charge < -0.3 is 4.74 Å². The second-order valence-corrected chi connectivity index (χ2v) is 6.74. The first-order valence-corrected chi connectivity index (χ1v) is 8.42. The van der Waals surface area contributed by atoms with Crippen LogP contribution < -0.4 is 10.1 Å². The highest BCUT2D eigenvalue weighted by Gasteiger charge is 2.16. The van der Waals surface area contributed by atoms with Crippen LogP contribution in [0.3, 0.4) is 0 Å². The molecule has 0 bridgehead atoms. The lowest BCUT2D eigenvalue weighted by Crippen LogP contribution is -2.20. The number of hydrogen-bond acceptors (Lipinski definition) is 4. The Labute approximate surface area is 134 Å². The lowest BCUT2D eigenvalue weighted by Gasteiger charge is -2.11. The summed E-state index contributed by atoms with van der Waals surface area (Å²) in [6.45, 7) is 3.97. The number of carbonyl (C=O) groups is 1. The second kappa shape index (κ2) is 6.48. The molecule has 0 saturated carbocycles. The highest BCUT2D eigenvalue weighted by molar-refractivity contribution is 7.15. The molecule has 1 amide bonds. The molecule has 1 aliphatic rings. The van der Waals surface area contributed by atoms with E-state index in [4.69, 9.17) is 4.74 Å². The summed E-state index contributed by atoms with van der Waals surface area (Å²) >= 11 is 1.59. The van der Waals surface area contributed by atoms with E-state index in [1.807, 2.05) is 32.0 Å². The van der Waals surface area contributed by atoms with Crippen LogP contribution in [0.25, 0.3) is 0 Å². The fraction of sp³-hybridized carbons (Fsp3) is 0.412. The van der Waals surface area contributed by atoms with Gasteiger partial charge in [0.2, 0.25) is 0 Å². The Morgan fingerprint density at radius 1 is 1.27 bits per heavy atom. The van der Waals surface area contributed by atoms with E-state index in [0.717, 1.165) is 35.4 Å². The molecule has 0 atom stereocenters. The molecule has 116 valence electrons. The highest BCUT2D eigenvalue weighted by atomic mass is 32.1. The van der Waals surface area contributed by atoms with Crippen molar-refractivity contribution in [2.45, 2.75) is 39.5 Å². The maximum absolute atomic E-state index is 12.1. The molecule has 2 aromatic rings. The van der Waals surface area contributed by atoms with Gasteiger partial charge in [0, 0.05) is 4.88 Å². The van der Waals surface area contributed by atoms with Gasteiger partial charge in [-0.25, -0.2) is 4.98 Å². The molecule has 0 spiro atoms. The van der Waals surface area contributed by atoms with Crippen LogP contribution in [0, 0.1) is 13.8 Å². The first-order valence-electron chi connectivity index (χ1n) is 7.61. The van der Waals surface area contributed by atoms with Crippen LogP contribution in [0.15, 0.2) is 18.2 Å². The lowest BCUT2D eigenvalue weighted by molar-refractivity contribution is -0.118. The van der Waals surface area contributed by atoms with Crippen molar-refractivity contribution in [3.05, 3.63) is 39.9 Å². The van der Waals surface area contributed by atoms with Gasteiger partial charge in [0.05, 0.1) is 5.69 Å². The number of carbonyl (C=O) groups excluding carboxylic acids is 1. The summed E-state index contributed by atoms with van der Waals surface area (Å²) in [6, 6.07) is 5.95. The summed E-state index contributed by atoms with van der Waals surface area (Å²) in [5.41, 5.74) is 3.23. The van der Waals surface area contributed by atoms with E-state index >= 15 is 0 Å². The number of anilines is 1. The topological polar surface area (TPSA) is 51.2 Å². The number of aromatic nitrogens is 1. The summed E-state index contributed by atoms with van der Waals surface area (Å²) in [7, 11) is 0. The first-order chi connectivity index (χ1) is 10.6. The van der Waals surface area contributed by atoms with Gasteiger partial charge in [-0.1, -0.05) is 18.2 Å².